The van der Waals surface area contributed by atoms with E-state index in [4.69, 9.17) is 9.47 Å². The molecule has 1 N–H and O–H groups in total. The first-order valence-corrected chi connectivity index (χ1v) is 5.18. The highest BCUT2D eigenvalue weighted by molar-refractivity contribution is 5.89. The molecule has 1 aliphatic rings. The molecule has 2 heterocycles. The van der Waals surface area contributed by atoms with Crippen LogP contribution in [0.25, 0.3) is 10.9 Å². The van der Waals surface area contributed by atoms with Crippen LogP contribution < -0.4 is 15.0 Å². The molecule has 0 spiro atoms. The van der Waals surface area contributed by atoms with Gasteiger partial charge >= 0.3 is 0 Å². The van der Waals surface area contributed by atoms with Crippen molar-refractivity contribution in [1.29, 1.82) is 0 Å². The molecule has 0 saturated carbocycles. The number of H-pyrrole nitrogens is 1. The second kappa shape index (κ2) is 3.27. The van der Waals surface area contributed by atoms with Crippen molar-refractivity contribution in [3.63, 3.8) is 0 Å². The standard InChI is InChI=1S/C12H11NO3/c1-7-6-10(14)13-11-8(7)2-3-9-12(11)16-5-4-15-9/h2-3,6H,4-5H2,1H3,(H,13,14). The number of fused-ring (bicyclic) bond motifs is 3. The lowest BCUT2D eigenvalue weighted by molar-refractivity contribution is 0.173. The van der Waals surface area contributed by atoms with Crippen LogP contribution >= 0.6 is 0 Å². The first kappa shape index (κ1) is 9.27. The number of ether oxygens (including phenoxy) is 2. The predicted molar refractivity (Wildman–Crippen MR) is 60.3 cm³/mol. The number of rotatable bonds is 0. The van der Waals surface area contributed by atoms with Crippen LogP contribution in [0.2, 0.25) is 0 Å². The molecule has 82 valence electrons. The van der Waals surface area contributed by atoms with Crippen molar-refractivity contribution in [2.24, 2.45) is 0 Å². The molecular weight excluding hydrogens is 206 g/mol. The lowest BCUT2D eigenvalue weighted by Gasteiger charge is -2.19. The Balaban J connectivity index is 2.42. The van der Waals surface area contributed by atoms with Crippen LogP contribution in [0.4, 0.5) is 0 Å². The smallest absolute Gasteiger partial charge is 0.248 e. The Morgan fingerprint density at radius 1 is 1.25 bits per heavy atom. The Labute approximate surface area is 91.8 Å². The van der Waals surface area contributed by atoms with Gasteiger partial charge in [-0.1, -0.05) is 0 Å². The van der Waals surface area contributed by atoms with Crippen LogP contribution in [0.5, 0.6) is 11.5 Å². The quantitative estimate of drug-likeness (QED) is 0.729. The van der Waals surface area contributed by atoms with Crippen LogP contribution in [0.1, 0.15) is 5.56 Å². The number of hydrogen-bond donors (Lipinski definition) is 1. The molecule has 0 saturated heterocycles. The van der Waals surface area contributed by atoms with Gasteiger partial charge in [-0.2, -0.15) is 0 Å². The van der Waals surface area contributed by atoms with Gasteiger partial charge in [-0.25, -0.2) is 0 Å². The molecule has 3 rings (SSSR count). The molecule has 0 radical (unpaired) electrons. The van der Waals surface area contributed by atoms with E-state index < -0.39 is 0 Å². The fourth-order valence-electron chi connectivity index (χ4n) is 2.00. The van der Waals surface area contributed by atoms with Crippen LogP contribution in [-0.4, -0.2) is 18.2 Å². The molecule has 0 amide bonds. The number of hydrogen-bond acceptors (Lipinski definition) is 3. The maximum Gasteiger partial charge on any atom is 0.248 e. The van der Waals surface area contributed by atoms with Crippen molar-refractivity contribution in [3.8, 4) is 11.5 Å². The van der Waals surface area contributed by atoms with Crippen LogP contribution in [0, 0.1) is 6.92 Å². The highest BCUT2D eigenvalue weighted by Gasteiger charge is 2.16. The van der Waals surface area contributed by atoms with Crippen LogP contribution in [0.15, 0.2) is 23.0 Å². The highest BCUT2D eigenvalue weighted by Crippen LogP contribution is 2.36. The molecule has 0 bridgehead atoms. The van der Waals surface area contributed by atoms with E-state index in [0.717, 1.165) is 16.5 Å². The van der Waals surface area contributed by atoms with Gasteiger partial charge in [0, 0.05) is 11.5 Å². The van der Waals surface area contributed by atoms with Crippen molar-refractivity contribution in [1.82, 2.24) is 4.98 Å². The molecule has 1 aromatic carbocycles. The molecule has 0 fully saturated rings. The third-order valence-electron chi connectivity index (χ3n) is 2.73. The normalized spacial score (nSPS) is 14.1. The molecule has 0 aliphatic carbocycles. The van der Waals surface area contributed by atoms with Crippen molar-refractivity contribution in [2.75, 3.05) is 13.2 Å². The van der Waals surface area contributed by atoms with E-state index in [1.165, 1.54) is 0 Å². The number of pyridine rings is 1. The Hall–Kier alpha value is -1.97. The van der Waals surface area contributed by atoms with Crippen molar-refractivity contribution < 1.29 is 9.47 Å². The summed E-state index contributed by atoms with van der Waals surface area (Å²) in [6.07, 6.45) is 0. The van der Waals surface area contributed by atoms with Gasteiger partial charge in [0.15, 0.2) is 11.5 Å². The molecule has 1 aliphatic heterocycles. The van der Waals surface area contributed by atoms with Gasteiger partial charge in [-0.15, -0.1) is 0 Å². The van der Waals surface area contributed by atoms with Gasteiger partial charge < -0.3 is 14.5 Å². The molecular formula is C12H11NO3. The van der Waals surface area contributed by atoms with Crippen LogP contribution in [-0.2, 0) is 0 Å². The van der Waals surface area contributed by atoms with Gasteiger partial charge in [0.2, 0.25) is 5.56 Å². The Morgan fingerprint density at radius 3 is 2.94 bits per heavy atom. The summed E-state index contributed by atoms with van der Waals surface area (Å²) in [5, 5.41) is 0.990. The van der Waals surface area contributed by atoms with Gasteiger partial charge in [-0.3, -0.25) is 4.79 Å². The number of aromatic amines is 1. The highest BCUT2D eigenvalue weighted by atomic mass is 16.6. The Morgan fingerprint density at radius 2 is 2.06 bits per heavy atom. The number of aromatic nitrogens is 1. The first-order chi connectivity index (χ1) is 7.75. The fraction of sp³-hybridized carbons (Fsp3) is 0.250. The van der Waals surface area contributed by atoms with Gasteiger partial charge in [0.25, 0.3) is 0 Å². The molecule has 4 heteroatoms. The zero-order valence-electron chi connectivity index (χ0n) is 8.87. The second-order valence-corrected chi connectivity index (χ2v) is 3.83. The van der Waals surface area contributed by atoms with E-state index in [0.29, 0.717) is 24.7 Å². The fourth-order valence-corrected chi connectivity index (χ4v) is 2.00. The van der Waals surface area contributed by atoms with Crippen molar-refractivity contribution in [3.05, 3.63) is 34.1 Å². The summed E-state index contributed by atoms with van der Waals surface area (Å²) in [5.41, 5.74) is 1.55. The zero-order valence-corrected chi connectivity index (χ0v) is 8.87. The second-order valence-electron chi connectivity index (χ2n) is 3.83. The van der Waals surface area contributed by atoms with Gasteiger partial charge in [0.1, 0.15) is 13.2 Å². The Kier molecular flexibility index (Phi) is 1.89. The van der Waals surface area contributed by atoms with E-state index in [9.17, 15) is 4.79 Å². The number of nitrogens with one attached hydrogen (secondary N) is 1. The summed E-state index contributed by atoms with van der Waals surface area (Å²) in [7, 11) is 0. The first-order valence-electron chi connectivity index (χ1n) is 5.18. The molecule has 2 aromatic rings. The lowest BCUT2D eigenvalue weighted by atomic mass is 10.1. The summed E-state index contributed by atoms with van der Waals surface area (Å²) >= 11 is 0. The summed E-state index contributed by atoms with van der Waals surface area (Å²) < 4.78 is 11.0. The summed E-state index contributed by atoms with van der Waals surface area (Å²) in [5.74, 6) is 1.34. The van der Waals surface area contributed by atoms with E-state index in [-0.39, 0.29) is 5.56 Å². The zero-order chi connectivity index (χ0) is 11.1. The third-order valence-corrected chi connectivity index (χ3v) is 2.73. The minimum absolute atomic E-state index is 0.118. The predicted octanol–water partition coefficient (Wildman–Crippen LogP) is 1.61. The minimum Gasteiger partial charge on any atom is -0.486 e. The number of benzene rings is 1. The SMILES string of the molecule is Cc1cc(=O)[nH]c2c3c(ccc12)OCCO3. The average molecular weight is 217 g/mol. The van der Waals surface area contributed by atoms with Crippen molar-refractivity contribution in [2.45, 2.75) is 6.92 Å². The Bertz CT molecular complexity index is 615. The van der Waals surface area contributed by atoms with Crippen LogP contribution in [0.3, 0.4) is 0 Å². The minimum atomic E-state index is -0.118. The summed E-state index contributed by atoms with van der Waals surface area (Å²) in [6.45, 7) is 2.98. The number of aryl methyl sites for hydroxylation is 1. The summed E-state index contributed by atoms with van der Waals surface area (Å²) in [6, 6.07) is 5.40. The molecule has 16 heavy (non-hydrogen) atoms. The van der Waals surface area contributed by atoms with E-state index in [1.54, 1.807) is 6.07 Å². The van der Waals surface area contributed by atoms with E-state index in [1.807, 2.05) is 19.1 Å². The summed E-state index contributed by atoms with van der Waals surface area (Å²) in [4.78, 5) is 14.2. The maximum absolute atomic E-state index is 11.4. The topological polar surface area (TPSA) is 51.3 Å². The third kappa shape index (κ3) is 1.26. The molecule has 0 unspecified atom stereocenters. The van der Waals surface area contributed by atoms with Crippen molar-refractivity contribution >= 4 is 10.9 Å². The maximum atomic E-state index is 11.4. The largest absolute Gasteiger partial charge is 0.486 e. The van der Waals surface area contributed by atoms with E-state index in [2.05, 4.69) is 4.98 Å². The molecule has 0 atom stereocenters. The average Bonchev–Trinajstić information content (AvgIpc) is 2.28. The van der Waals surface area contributed by atoms with Gasteiger partial charge in [0.05, 0.1) is 5.52 Å². The monoisotopic (exact) mass is 217 g/mol. The van der Waals surface area contributed by atoms with E-state index >= 15 is 0 Å². The lowest BCUT2D eigenvalue weighted by Crippen LogP contribution is -2.16. The van der Waals surface area contributed by atoms with Gasteiger partial charge in [-0.05, 0) is 24.6 Å². The molecule has 1 aromatic heterocycles. The molecule has 4 nitrogen and oxygen atoms in total.